The predicted octanol–water partition coefficient (Wildman–Crippen LogP) is 3.38. The zero-order chi connectivity index (χ0) is 13.0. The summed E-state index contributed by atoms with van der Waals surface area (Å²) < 4.78 is 6.03. The minimum Gasteiger partial charge on any atom is -0.373 e. The molecule has 1 aliphatic rings. The molecular weight excluding hydrogens is 222 g/mol. The molecule has 2 rings (SSSR count). The lowest BCUT2D eigenvalue weighted by molar-refractivity contribution is -0.0276. The predicted molar refractivity (Wildman–Crippen MR) is 75.9 cm³/mol. The number of ether oxygens (including phenoxy) is 1. The zero-order valence-corrected chi connectivity index (χ0v) is 11.8. The highest BCUT2D eigenvalue weighted by molar-refractivity contribution is 5.31. The number of nitrogens with one attached hydrogen (secondary N) is 1. The van der Waals surface area contributed by atoms with Crippen molar-refractivity contribution in [2.75, 3.05) is 19.7 Å². The molecule has 1 aromatic rings. The minimum atomic E-state index is 0.275. The van der Waals surface area contributed by atoms with Crippen LogP contribution in [0.4, 0.5) is 0 Å². The van der Waals surface area contributed by atoms with E-state index in [1.807, 2.05) is 0 Å². The third-order valence-electron chi connectivity index (χ3n) is 3.96. The fourth-order valence-electron chi connectivity index (χ4n) is 2.69. The summed E-state index contributed by atoms with van der Waals surface area (Å²) in [4.78, 5) is 0. The Labute approximate surface area is 111 Å². The quantitative estimate of drug-likeness (QED) is 0.880. The van der Waals surface area contributed by atoms with Crippen LogP contribution in [-0.4, -0.2) is 19.7 Å². The molecule has 0 spiro atoms. The molecule has 0 amide bonds. The normalized spacial score (nSPS) is 24.2. The zero-order valence-electron chi connectivity index (χ0n) is 11.8. The molecular formula is C16H25NO. The molecule has 2 atom stereocenters. The van der Waals surface area contributed by atoms with Gasteiger partial charge in [-0.05, 0) is 49.9 Å². The fraction of sp³-hybridized carbons (Fsp3) is 0.625. The van der Waals surface area contributed by atoms with Gasteiger partial charge in [-0.15, -0.1) is 0 Å². The molecule has 2 heteroatoms. The first-order chi connectivity index (χ1) is 8.72. The Morgan fingerprint density at radius 2 is 2.11 bits per heavy atom. The molecule has 2 nitrogen and oxygen atoms in total. The standard InChI is InChI=1S/C16H25NO/c1-4-17-11-15-6-5-9-18-16(15)14-8-7-12(2)13(3)10-14/h7-8,10,15-17H,4-6,9,11H2,1-3H3. The molecule has 0 radical (unpaired) electrons. The van der Waals surface area contributed by atoms with E-state index < -0.39 is 0 Å². The van der Waals surface area contributed by atoms with E-state index in [0.717, 1.165) is 19.7 Å². The Morgan fingerprint density at radius 3 is 2.83 bits per heavy atom. The van der Waals surface area contributed by atoms with Crippen molar-refractivity contribution in [1.29, 1.82) is 0 Å². The van der Waals surface area contributed by atoms with Crippen LogP contribution in [0.25, 0.3) is 0 Å². The van der Waals surface area contributed by atoms with Crippen molar-refractivity contribution in [3.63, 3.8) is 0 Å². The van der Waals surface area contributed by atoms with E-state index in [9.17, 15) is 0 Å². The third-order valence-corrected chi connectivity index (χ3v) is 3.96. The number of benzene rings is 1. The van der Waals surface area contributed by atoms with Crippen molar-refractivity contribution >= 4 is 0 Å². The molecule has 0 saturated carbocycles. The Kier molecular flexibility index (Phi) is 4.79. The summed E-state index contributed by atoms with van der Waals surface area (Å²) in [5.74, 6) is 0.612. The van der Waals surface area contributed by atoms with Gasteiger partial charge in [0.2, 0.25) is 0 Å². The molecule has 1 heterocycles. The van der Waals surface area contributed by atoms with E-state index in [1.165, 1.54) is 29.5 Å². The van der Waals surface area contributed by atoms with Crippen LogP contribution in [0, 0.1) is 19.8 Å². The van der Waals surface area contributed by atoms with Gasteiger partial charge in [0.05, 0.1) is 6.10 Å². The van der Waals surface area contributed by atoms with E-state index in [4.69, 9.17) is 4.74 Å². The summed E-state index contributed by atoms with van der Waals surface area (Å²) in [6.07, 6.45) is 2.74. The summed E-state index contributed by atoms with van der Waals surface area (Å²) >= 11 is 0. The smallest absolute Gasteiger partial charge is 0.0865 e. The highest BCUT2D eigenvalue weighted by atomic mass is 16.5. The molecule has 18 heavy (non-hydrogen) atoms. The SMILES string of the molecule is CCNCC1CCCOC1c1ccc(C)c(C)c1. The highest BCUT2D eigenvalue weighted by Crippen LogP contribution is 2.33. The summed E-state index contributed by atoms with van der Waals surface area (Å²) in [5, 5.41) is 3.46. The minimum absolute atomic E-state index is 0.275. The lowest BCUT2D eigenvalue weighted by Crippen LogP contribution is -2.31. The molecule has 1 aromatic carbocycles. The van der Waals surface area contributed by atoms with Crippen LogP contribution in [0.15, 0.2) is 18.2 Å². The van der Waals surface area contributed by atoms with Crippen molar-refractivity contribution in [3.8, 4) is 0 Å². The van der Waals surface area contributed by atoms with E-state index in [2.05, 4.69) is 44.3 Å². The van der Waals surface area contributed by atoms with Crippen LogP contribution >= 0.6 is 0 Å². The van der Waals surface area contributed by atoms with Gasteiger partial charge in [-0.3, -0.25) is 0 Å². The first kappa shape index (κ1) is 13.6. The second-order valence-electron chi connectivity index (χ2n) is 5.35. The third kappa shape index (κ3) is 3.12. The largest absolute Gasteiger partial charge is 0.373 e. The molecule has 1 N–H and O–H groups in total. The second-order valence-corrected chi connectivity index (χ2v) is 5.35. The molecule has 0 aromatic heterocycles. The maximum absolute atomic E-state index is 6.03. The summed E-state index contributed by atoms with van der Waals surface area (Å²) in [6, 6.07) is 6.74. The van der Waals surface area contributed by atoms with Crippen molar-refractivity contribution in [3.05, 3.63) is 34.9 Å². The van der Waals surface area contributed by atoms with E-state index in [-0.39, 0.29) is 6.10 Å². The summed E-state index contributed by atoms with van der Waals surface area (Å²) in [7, 11) is 0. The summed E-state index contributed by atoms with van der Waals surface area (Å²) in [6.45, 7) is 9.51. The van der Waals surface area contributed by atoms with Crippen LogP contribution in [0.5, 0.6) is 0 Å². The van der Waals surface area contributed by atoms with Gasteiger partial charge in [-0.25, -0.2) is 0 Å². The topological polar surface area (TPSA) is 21.3 Å². The van der Waals surface area contributed by atoms with Gasteiger partial charge in [-0.2, -0.15) is 0 Å². The molecule has 1 fully saturated rings. The maximum atomic E-state index is 6.03. The first-order valence-corrected chi connectivity index (χ1v) is 7.12. The van der Waals surface area contributed by atoms with Gasteiger partial charge in [-0.1, -0.05) is 25.1 Å². The molecule has 0 bridgehead atoms. The first-order valence-electron chi connectivity index (χ1n) is 7.12. The van der Waals surface area contributed by atoms with E-state index >= 15 is 0 Å². The molecule has 2 unspecified atom stereocenters. The lowest BCUT2D eigenvalue weighted by Gasteiger charge is -2.32. The van der Waals surface area contributed by atoms with Crippen LogP contribution in [0.3, 0.4) is 0 Å². The van der Waals surface area contributed by atoms with Gasteiger partial charge in [0.25, 0.3) is 0 Å². The van der Waals surface area contributed by atoms with Crippen LogP contribution in [0.2, 0.25) is 0 Å². The maximum Gasteiger partial charge on any atom is 0.0865 e. The number of aryl methyl sites for hydroxylation is 2. The second kappa shape index (κ2) is 6.35. The Hall–Kier alpha value is -0.860. The van der Waals surface area contributed by atoms with Crippen LogP contribution in [-0.2, 0) is 4.74 Å². The van der Waals surface area contributed by atoms with Gasteiger partial charge in [0.15, 0.2) is 0 Å². The summed E-state index contributed by atoms with van der Waals surface area (Å²) in [5.41, 5.74) is 4.07. The van der Waals surface area contributed by atoms with Crippen LogP contribution < -0.4 is 5.32 Å². The lowest BCUT2D eigenvalue weighted by atomic mass is 9.88. The van der Waals surface area contributed by atoms with Crippen molar-refractivity contribution in [2.24, 2.45) is 5.92 Å². The average molecular weight is 247 g/mol. The van der Waals surface area contributed by atoms with Gasteiger partial charge in [0, 0.05) is 19.1 Å². The number of rotatable bonds is 4. The molecule has 0 aliphatic carbocycles. The van der Waals surface area contributed by atoms with Crippen molar-refractivity contribution in [1.82, 2.24) is 5.32 Å². The number of hydrogen-bond donors (Lipinski definition) is 1. The van der Waals surface area contributed by atoms with Gasteiger partial charge in [0.1, 0.15) is 0 Å². The highest BCUT2D eigenvalue weighted by Gasteiger charge is 2.27. The van der Waals surface area contributed by atoms with Crippen molar-refractivity contribution in [2.45, 2.75) is 39.7 Å². The Balaban J connectivity index is 2.14. The average Bonchev–Trinajstić information content (AvgIpc) is 2.40. The monoisotopic (exact) mass is 247 g/mol. The number of hydrogen-bond acceptors (Lipinski definition) is 2. The van der Waals surface area contributed by atoms with E-state index in [0.29, 0.717) is 5.92 Å². The Bertz CT molecular complexity index is 389. The molecule has 100 valence electrons. The van der Waals surface area contributed by atoms with Gasteiger partial charge < -0.3 is 10.1 Å². The molecule has 1 saturated heterocycles. The van der Waals surface area contributed by atoms with Crippen LogP contribution in [0.1, 0.15) is 42.6 Å². The fourth-order valence-corrected chi connectivity index (χ4v) is 2.69. The van der Waals surface area contributed by atoms with E-state index in [1.54, 1.807) is 0 Å². The van der Waals surface area contributed by atoms with Gasteiger partial charge >= 0.3 is 0 Å². The molecule has 1 aliphatic heterocycles. The van der Waals surface area contributed by atoms with Crippen molar-refractivity contribution < 1.29 is 4.74 Å². The Morgan fingerprint density at radius 1 is 1.28 bits per heavy atom.